The van der Waals surface area contributed by atoms with Crippen LogP contribution in [0.5, 0.6) is 11.5 Å². The highest BCUT2D eigenvalue weighted by Gasteiger charge is 2.10. The van der Waals surface area contributed by atoms with Gasteiger partial charge < -0.3 is 9.47 Å². The second kappa shape index (κ2) is 8.90. The van der Waals surface area contributed by atoms with Crippen LogP contribution in [0.2, 0.25) is 0 Å². The summed E-state index contributed by atoms with van der Waals surface area (Å²) in [6, 6.07) is 20.2. The van der Waals surface area contributed by atoms with Crippen LogP contribution in [0.3, 0.4) is 0 Å². The fourth-order valence-electron chi connectivity index (χ4n) is 2.62. The Balaban J connectivity index is 1.50. The van der Waals surface area contributed by atoms with Crippen molar-refractivity contribution in [2.75, 3.05) is 6.61 Å². The van der Waals surface area contributed by atoms with E-state index >= 15 is 0 Å². The molecular weight excluding hydrogens is 356 g/mol. The molecule has 0 aromatic heterocycles. The third kappa shape index (κ3) is 5.23. The predicted octanol–water partition coefficient (Wildman–Crippen LogP) is 3.47. The van der Waals surface area contributed by atoms with Gasteiger partial charge in [0.15, 0.2) is 6.61 Å². The number of rotatable bonds is 6. The van der Waals surface area contributed by atoms with E-state index in [-0.39, 0.29) is 12.7 Å². The van der Waals surface area contributed by atoms with Gasteiger partial charge in [-0.2, -0.15) is 0 Å². The van der Waals surface area contributed by atoms with Crippen LogP contribution in [0.25, 0.3) is 10.8 Å². The van der Waals surface area contributed by atoms with Crippen molar-refractivity contribution in [3.8, 4) is 11.5 Å². The van der Waals surface area contributed by atoms with Crippen LogP contribution in [0, 0.1) is 0 Å². The minimum absolute atomic E-state index is 0.00488. The average molecular weight is 378 g/mol. The van der Waals surface area contributed by atoms with Crippen molar-refractivity contribution < 1.29 is 19.1 Å². The van der Waals surface area contributed by atoms with Gasteiger partial charge in [0.2, 0.25) is 0 Å². The van der Waals surface area contributed by atoms with E-state index in [0.717, 1.165) is 10.8 Å². The van der Waals surface area contributed by atoms with Gasteiger partial charge in [0.25, 0.3) is 11.8 Å². The van der Waals surface area contributed by atoms with E-state index in [1.807, 2.05) is 50.2 Å². The van der Waals surface area contributed by atoms with Crippen LogP contribution in [-0.4, -0.2) is 24.5 Å². The number of nitrogens with one attached hydrogen (secondary N) is 2. The second-order valence-corrected chi connectivity index (χ2v) is 6.49. The van der Waals surface area contributed by atoms with E-state index in [9.17, 15) is 9.59 Å². The van der Waals surface area contributed by atoms with Gasteiger partial charge in [-0.15, -0.1) is 0 Å². The molecular formula is C22H22N2O4. The maximum atomic E-state index is 12.2. The number of carbonyl (C=O) groups excluding carboxylic acids is 2. The largest absolute Gasteiger partial charge is 0.491 e. The van der Waals surface area contributed by atoms with Crippen LogP contribution in [0.15, 0.2) is 66.7 Å². The van der Waals surface area contributed by atoms with Crippen LogP contribution in [-0.2, 0) is 4.79 Å². The zero-order valence-corrected chi connectivity index (χ0v) is 15.8. The Morgan fingerprint density at radius 1 is 0.857 bits per heavy atom. The van der Waals surface area contributed by atoms with Crippen molar-refractivity contribution in [1.82, 2.24) is 10.9 Å². The number of ether oxygens (including phenoxy) is 2. The minimum Gasteiger partial charge on any atom is -0.491 e. The molecule has 0 aliphatic rings. The van der Waals surface area contributed by atoms with E-state index in [2.05, 4.69) is 10.9 Å². The summed E-state index contributed by atoms with van der Waals surface area (Å²) < 4.78 is 11.1. The second-order valence-electron chi connectivity index (χ2n) is 6.49. The Labute approximate surface area is 163 Å². The smallest absolute Gasteiger partial charge is 0.276 e. The van der Waals surface area contributed by atoms with Crippen molar-refractivity contribution in [1.29, 1.82) is 0 Å². The Kier molecular flexibility index (Phi) is 6.11. The summed E-state index contributed by atoms with van der Waals surface area (Å²) in [4.78, 5) is 24.1. The fraction of sp³-hybridized carbons (Fsp3) is 0.182. The van der Waals surface area contributed by atoms with E-state index in [1.165, 1.54) is 0 Å². The quantitative estimate of drug-likeness (QED) is 0.644. The zero-order chi connectivity index (χ0) is 19.9. The minimum atomic E-state index is -0.462. The summed E-state index contributed by atoms with van der Waals surface area (Å²) in [5.74, 6) is 0.275. The van der Waals surface area contributed by atoms with Crippen molar-refractivity contribution in [3.63, 3.8) is 0 Å². The molecule has 0 aliphatic carbocycles. The normalized spacial score (nSPS) is 10.5. The van der Waals surface area contributed by atoms with Gasteiger partial charge >= 0.3 is 0 Å². The van der Waals surface area contributed by atoms with E-state index < -0.39 is 11.8 Å². The Morgan fingerprint density at radius 3 is 2.43 bits per heavy atom. The van der Waals surface area contributed by atoms with Crippen molar-refractivity contribution in [2.24, 2.45) is 0 Å². The molecule has 28 heavy (non-hydrogen) atoms. The fourth-order valence-corrected chi connectivity index (χ4v) is 2.62. The number of hydrogen-bond donors (Lipinski definition) is 2. The number of carbonyl (C=O) groups is 2. The lowest BCUT2D eigenvalue weighted by molar-refractivity contribution is -0.123. The highest BCUT2D eigenvalue weighted by molar-refractivity contribution is 5.95. The average Bonchev–Trinajstić information content (AvgIpc) is 2.70. The van der Waals surface area contributed by atoms with Crippen molar-refractivity contribution in [3.05, 3.63) is 72.3 Å². The molecule has 0 saturated carbocycles. The molecule has 0 heterocycles. The summed E-state index contributed by atoms with van der Waals surface area (Å²) in [5, 5.41) is 2.12. The third-order valence-electron chi connectivity index (χ3n) is 3.87. The first-order chi connectivity index (χ1) is 13.5. The number of hydrazine groups is 1. The first-order valence-corrected chi connectivity index (χ1v) is 8.99. The van der Waals surface area contributed by atoms with Crippen molar-refractivity contribution in [2.45, 2.75) is 20.0 Å². The molecule has 144 valence electrons. The lowest BCUT2D eigenvalue weighted by Gasteiger charge is -2.12. The number of fused-ring (bicyclic) bond motifs is 1. The molecule has 0 saturated heterocycles. The summed E-state index contributed by atoms with van der Waals surface area (Å²) in [5.41, 5.74) is 5.10. The maximum Gasteiger partial charge on any atom is 0.276 e. The first-order valence-electron chi connectivity index (χ1n) is 8.99. The van der Waals surface area contributed by atoms with E-state index in [0.29, 0.717) is 17.1 Å². The van der Waals surface area contributed by atoms with Crippen LogP contribution >= 0.6 is 0 Å². The van der Waals surface area contributed by atoms with Crippen LogP contribution < -0.4 is 20.3 Å². The molecule has 3 aromatic carbocycles. The molecule has 0 spiro atoms. The molecule has 0 fully saturated rings. The van der Waals surface area contributed by atoms with E-state index in [1.54, 1.807) is 30.3 Å². The van der Waals surface area contributed by atoms with Crippen LogP contribution in [0.1, 0.15) is 24.2 Å². The third-order valence-corrected chi connectivity index (χ3v) is 3.87. The highest BCUT2D eigenvalue weighted by Crippen LogP contribution is 2.20. The molecule has 0 bridgehead atoms. The van der Waals surface area contributed by atoms with Crippen LogP contribution in [0.4, 0.5) is 0 Å². The molecule has 6 heteroatoms. The summed E-state index contributed by atoms with van der Waals surface area (Å²) in [6.07, 6.45) is 0.00488. The van der Waals surface area contributed by atoms with Gasteiger partial charge in [-0.3, -0.25) is 20.4 Å². The molecule has 2 N–H and O–H groups in total. The molecule has 6 nitrogen and oxygen atoms in total. The van der Waals surface area contributed by atoms with Crippen molar-refractivity contribution >= 4 is 22.6 Å². The molecule has 3 rings (SSSR count). The number of hydrogen-bond acceptors (Lipinski definition) is 4. The van der Waals surface area contributed by atoms with Gasteiger partial charge in [0, 0.05) is 5.56 Å². The monoisotopic (exact) mass is 378 g/mol. The molecule has 0 aliphatic heterocycles. The number of benzene rings is 3. The highest BCUT2D eigenvalue weighted by atomic mass is 16.5. The molecule has 2 amide bonds. The van der Waals surface area contributed by atoms with Gasteiger partial charge in [0.05, 0.1) is 6.10 Å². The SMILES string of the molecule is CC(C)Oc1cccc(C(=O)NNC(=O)COc2ccc3ccccc3c2)c1. The molecule has 0 radical (unpaired) electrons. The topological polar surface area (TPSA) is 76.7 Å². The Morgan fingerprint density at radius 2 is 1.64 bits per heavy atom. The van der Waals surface area contributed by atoms with E-state index in [4.69, 9.17) is 9.47 Å². The van der Waals surface area contributed by atoms with Gasteiger partial charge in [-0.05, 0) is 55.0 Å². The Hall–Kier alpha value is -3.54. The molecule has 3 aromatic rings. The summed E-state index contributed by atoms with van der Waals surface area (Å²) in [7, 11) is 0. The summed E-state index contributed by atoms with van der Waals surface area (Å²) >= 11 is 0. The Bertz CT molecular complexity index is 985. The first kappa shape index (κ1) is 19.2. The van der Waals surface area contributed by atoms with Gasteiger partial charge in [-0.1, -0.05) is 36.4 Å². The number of amides is 2. The predicted molar refractivity (Wildman–Crippen MR) is 107 cm³/mol. The standard InChI is InChI=1S/C22H22N2O4/c1-15(2)28-20-9-5-8-18(13-20)22(26)24-23-21(25)14-27-19-11-10-16-6-3-4-7-17(16)12-19/h3-13,15H,14H2,1-2H3,(H,23,25)(H,24,26). The maximum absolute atomic E-state index is 12.2. The molecule has 0 unspecified atom stereocenters. The zero-order valence-electron chi connectivity index (χ0n) is 15.8. The summed E-state index contributed by atoms with van der Waals surface area (Å²) in [6.45, 7) is 3.60. The van der Waals surface area contributed by atoms with Gasteiger partial charge in [0.1, 0.15) is 11.5 Å². The lowest BCUT2D eigenvalue weighted by atomic mass is 10.1. The molecule has 0 atom stereocenters. The lowest BCUT2D eigenvalue weighted by Crippen LogP contribution is -2.43. The van der Waals surface area contributed by atoms with Gasteiger partial charge in [-0.25, -0.2) is 0 Å².